The van der Waals surface area contributed by atoms with E-state index in [0.29, 0.717) is 43.7 Å². The number of benzene rings is 3. The zero-order chi connectivity index (χ0) is 28.1. The summed E-state index contributed by atoms with van der Waals surface area (Å²) in [7, 11) is 1.28. The van der Waals surface area contributed by atoms with Crippen LogP contribution in [-0.4, -0.2) is 31.3 Å². The SMILES string of the molecule is CCCC(CCCc1ccc(Sc2cccc(OCc3ccccc3)c2)cc1Cl)(NC(=O)OC)C(=O)OCC. The number of hydrogen-bond donors (Lipinski definition) is 1. The molecule has 1 amide bonds. The van der Waals surface area contributed by atoms with Gasteiger partial charge in [0.15, 0.2) is 0 Å². The van der Waals surface area contributed by atoms with Crippen molar-refractivity contribution in [1.82, 2.24) is 5.32 Å². The normalized spacial score (nSPS) is 12.3. The van der Waals surface area contributed by atoms with E-state index in [4.69, 9.17) is 25.8 Å². The average molecular weight is 570 g/mol. The van der Waals surface area contributed by atoms with Crippen LogP contribution >= 0.6 is 23.4 Å². The van der Waals surface area contributed by atoms with Gasteiger partial charge in [0.2, 0.25) is 0 Å². The maximum Gasteiger partial charge on any atom is 0.407 e. The number of esters is 1. The second kappa shape index (κ2) is 15.4. The lowest BCUT2D eigenvalue weighted by Crippen LogP contribution is -2.55. The zero-order valence-electron chi connectivity index (χ0n) is 22.7. The van der Waals surface area contributed by atoms with Gasteiger partial charge in [0.25, 0.3) is 0 Å². The molecular formula is C31H36ClNO5S. The number of hydrogen-bond acceptors (Lipinski definition) is 6. The minimum atomic E-state index is -1.13. The van der Waals surface area contributed by atoms with Crippen LogP contribution in [0.4, 0.5) is 4.79 Å². The second-order valence-electron chi connectivity index (χ2n) is 9.13. The number of rotatable bonds is 14. The van der Waals surface area contributed by atoms with Gasteiger partial charge in [0, 0.05) is 14.8 Å². The Kier molecular flexibility index (Phi) is 12.0. The van der Waals surface area contributed by atoms with Crippen molar-refractivity contribution >= 4 is 35.4 Å². The van der Waals surface area contributed by atoms with Gasteiger partial charge in [-0.1, -0.05) is 79.2 Å². The van der Waals surface area contributed by atoms with E-state index in [1.165, 1.54) is 7.11 Å². The van der Waals surface area contributed by atoms with Crippen molar-refractivity contribution in [2.24, 2.45) is 0 Å². The van der Waals surface area contributed by atoms with E-state index in [0.717, 1.165) is 26.7 Å². The summed E-state index contributed by atoms with van der Waals surface area (Å²) in [5.74, 6) is 0.370. The molecule has 1 atom stereocenters. The molecule has 0 radical (unpaired) electrons. The van der Waals surface area contributed by atoms with Crippen LogP contribution in [0.3, 0.4) is 0 Å². The minimum Gasteiger partial charge on any atom is -0.489 e. The van der Waals surface area contributed by atoms with Gasteiger partial charge in [-0.05, 0) is 74.1 Å². The molecule has 3 rings (SSSR count). The summed E-state index contributed by atoms with van der Waals surface area (Å²) >= 11 is 8.27. The Bertz CT molecular complexity index is 1220. The molecule has 0 bridgehead atoms. The van der Waals surface area contributed by atoms with Crippen LogP contribution in [0.5, 0.6) is 5.75 Å². The standard InChI is InChI=1S/C31H36ClNO5S/c1-4-18-31(29(34)37-5-2,33-30(35)36-3)19-10-13-24-16-17-27(21-28(24)32)39-26-15-9-14-25(20-26)38-22-23-11-7-6-8-12-23/h6-9,11-12,14-17,20-21H,4-5,10,13,18-19,22H2,1-3H3,(H,33,35). The first-order valence-corrected chi connectivity index (χ1v) is 14.3. The monoisotopic (exact) mass is 569 g/mol. The van der Waals surface area contributed by atoms with Crippen LogP contribution in [0.1, 0.15) is 50.7 Å². The number of amides is 1. The Morgan fingerprint density at radius 3 is 2.41 bits per heavy atom. The largest absolute Gasteiger partial charge is 0.489 e. The highest BCUT2D eigenvalue weighted by atomic mass is 35.5. The zero-order valence-corrected chi connectivity index (χ0v) is 24.3. The molecule has 3 aromatic rings. The highest BCUT2D eigenvalue weighted by molar-refractivity contribution is 7.99. The number of aryl methyl sites for hydroxylation is 1. The highest BCUT2D eigenvalue weighted by Gasteiger charge is 2.40. The molecule has 8 heteroatoms. The Morgan fingerprint density at radius 1 is 0.949 bits per heavy atom. The first-order chi connectivity index (χ1) is 18.9. The van der Waals surface area contributed by atoms with Gasteiger partial charge >= 0.3 is 12.1 Å². The van der Waals surface area contributed by atoms with Crippen LogP contribution < -0.4 is 10.1 Å². The molecule has 6 nitrogen and oxygen atoms in total. The third-order valence-corrected chi connectivity index (χ3v) is 7.56. The molecule has 0 aliphatic carbocycles. The van der Waals surface area contributed by atoms with E-state index < -0.39 is 17.6 Å². The fourth-order valence-corrected chi connectivity index (χ4v) is 5.57. The first-order valence-electron chi connectivity index (χ1n) is 13.2. The summed E-state index contributed by atoms with van der Waals surface area (Å²) in [5.41, 5.74) is 0.967. The van der Waals surface area contributed by atoms with Crippen LogP contribution in [0, 0.1) is 0 Å². The van der Waals surface area contributed by atoms with E-state index in [1.807, 2.05) is 79.7 Å². The van der Waals surface area contributed by atoms with E-state index in [2.05, 4.69) is 5.32 Å². The molecule has 1 unspecified atom stereocenters. The molecule has 0 spiro atoms. The van der Waals surface area contributed by atoms with Crippen molar-refractivity contribution in [3.05, 3.63) is 88.9 Å². The van der Waals surface area contributed by atoms with Crippen molar-refractivity contribution in [3.63, 3.8) is 0 Å². The van der Waals surface area contributed by atoms with Crippen molar-refractivity contribution in [2.45, 2.75) is 67.9 Å². The predicted octanol–water partition coefficient (Wildman–Crippen LogP) is 7.85. The van der Waals surface area contributed by atoms with Crippen molar-refractivity contribution < 1.29 is 23.8 Å². The van der Waals surface area contributed by atoms with Gasteiger partial charge < -0.3 is 19.5 Å². The highest BCUT2D eigenvalue weighted by Crippen LogP contribution is 2.33. The smallest absolute Gasteiger partial charge is 0.407 e. The number of carbonyl (C=O) groups excluding carboxylic acids is 2. The second-order valence-corrected chi connectivity index (χ2v) is 10.7. The third kappa shape index (κ3) is 9.22. The molecule has 0 aliphatic heterocycles. The maximum absolute atomic E-state index is 12.8. The number of carbonyl (C=O) groups is 2. The van der Waals surface area contributed by atoms with Crippen LogP contribution in [0.15, 0.2) is 82.6 Å². The Balaban J connectivity index is 1.62. The quantitative estimate of drug-likeness (QED) is 0.199. The molecule has 0 aliphatic rings. The number of halogens is 1. The van der Waals surface area contributed by atoms with E-state index >= 15 is 0 Å². The first kappa shape index (κ1) is 30.4. The van der Waals surface area contributed by atoms with Gasteiger partial charge in [-0.25, -0.2) is 9.59 Å². The van der Waals surface area contributed by atoms with Gasteiger partial charge in [-0.15, -0.1) is 0 Å². The van der Waals surface area contributed by atoms with Crippen molar-refractivity contribution in [2.75, 3.05) is 13.7 Å². The number of alkyl carbamates (subject to hydrolysis) is 1. The summed E-state index contributed by atoms with van der Waals surface area (Å²) in [6.45, 7) is 4.46. The lowest BCUT2D eigenvalue weighted by atomic mass is 9.87. The Morgan fingerprint density at radius 2 is 1.72 bits per heavy atom. The topological polar surface area (TPSA) is 73.9 Å². The molecule has 0 aromatic heterocycles. The number of ether oxygens (including phenoxy) is 3. The summed E-state index contributed by atoms with van der Waals surface area (Å²) in [6, 6.07) is 24.1. The van der Waals surface area contributed by atoms with E-state index in [-0.39, 0.29) is 6.61 Å². The maximum atomic E-state index is 12.8. The van der Waals surface area contributed by atoms with Gasteiger partial charge in [-0.3, -0.25) is 0 Å². The number of nitrogens with one attached hydrogen (secondary N) is 1. The summed E-state index contributed by atoms with van der Waals surface area (Å²) in [6.07, 6.45) is 2.21. The molecule has 0 heterocycles. The van der Waals surface area contributed by atoms with E-state index in [9.17, 15) is 9.59 Å². The third-order valence-electron chi connectivity index (χ3n) is 6.23. The van der Waals surface area contributed by atoms with Crippen LogP contribution in [0.2, 0.25) is 5.02 Å². The van der Waals surface area contributed by atoms with Crippen molar-refractivity contribution in [1.29, 1.82) is 0 Å². The van der Waals surface area contributed by atoms with Gasteiger partial charge in [0.05, 0.1) is 13.7 Å². The van der Waals surface area contributed by atoms with Crippen LogP contribution in [0.25, 0.3) is 0 Å². The van der Waals surface area contributed by atoms with Gasteiger partial charge in [0.1, 0.15) is 17.9 Å². The van der Waals surface area contributed by atoms with E-state index in [1.54, 1.807) is 18.7 Å². The summed E-state index contributed by atoms with van der Waals surface area (Å²) in [5, 5.41) is 3.41. The molecule has 3 aromatic carbocycles. The fourth-order valence-electron chi connectivity index (χ4n) is 4.33. The molecule has 39 heavy (non-hydrogen) atoms. The Hall–Kier alpha value is -3.16. The number of methoxy groups -OCH3 is 1. The minimum absolute atomic E-state index is 0.236. The molecule has 0 saturated heterocycles. The molecule has 0 fully saturated rings. The lowest BCUT2D eigenvalue weighted by Gasteiger charge is -2.31. The molecule has 1 N–H and O–H groups in total. The van der Waals surface area contributed by atoms with Gasteiger partial charge in [-0.2, -0.15) is 0 Å². The fraction of sp³-hybridized carbons (Fsp3) is 0.355. The summed E-state index contributed by atoms with van der Waals surface area (Å²) in [4.78, 5) is 26.9. The van der Waals surface area contributed by atoms with Crippen molar-refractivity contribution in [3.8, 4) is 5.75 Å². The molecular weight excluding hydrogens is 534 g/mol. The molecule has 208 valence electrons. The Labute approximate surface area is 240 Å². The predicted molar refractivity (Wildman–Crippen MR) is 156 cm³/mol. The lowest BCUT2D eigenvalue weighted by molar-refractivity contribution is -0.151. The van der Waals surface area contributed by atoms with Crippen LogP contribution in [-0.2, 0) is 27.3 Å². The average Bonchev–Trinajstić information content (AvgIpc) is 2.94. The molecule has 0 saturated carbocycles. The summed E-state index contributed by atoms with van der Waals surface area (Å²) < 4.78 is 16.0.